The molecule has 0 amide bonds. The van der Waals surface area contributed by atoms with E-state index in [1.54, 1.807) is 0 Å². The van der Waals surface area contributed by atoms with E-state index in [2.05, 4.69) is 9.71 Å². The van der Waals surface area contributed by atoms with E-state index in [0.29, 0.717) is 0 Å². The minimum Gasteiger partial charge on any atom is -0.494 e. The number of anilines is 1. The molecule has 1 aromatic carbocycles. The Balaban J connectivity index is 2.38. The molecule has 0 saturated carbocycles. The van der Waals surface area contributed by atoms with Crippen LogP contribution in [-0.4, -0.2) is 20.5 Å². The largest absolute Gasteiger partial charge is 0.494 e. The molecule has 8 heteroatoms. The summed E-state index contributed by atoms with van der Waals surface area (Å²) in [7, 11) is -2.60. The maximum Gasteiger partial charge on any atom is 0.263 e. The molecule has 0 atom stereocenters. The minimum absolute atomic E-state index is 0.0537. The summed E-state index contributed by atoms with van der Waals surface area (Å²) in [6.07, 6.45) is 1.07. The van der Waals surface area contributed by atoms with E-state index < -0.39 is 21.4 Å². The van der Waals surface area contributed by atoms with Gasteiger partial charge in [-0.15, -0.1) is 0 Å². The highest BCUT2D eigenvalue weighted by Crippen LogP contribution is 2.27. The van der Waals surface area contributed by atoms with Crippen molar-refractivity contribution in [3.05, 3.63) is 52.7 Å². The molecule has 0 bridgehead atoms. The number of halogens is 1. The molecule has 0 aliphatic carbocycles. The van der Waals surface area contributed by atoms with Crippen molar-refractivity contribution >= 4 is 15.7 Å². The van der Waals surface area contributed by atoms with Gasteiger partial charge < -0.3 is 9.72 Å². The Morgan fingerprint density at radius 2 is 2.00 bits per heavy atom. The minimum atomic E-state index is -3.90. The first-order valence-corrected chi connectivity index (χ1v) is 6.96. The van der Waals surface area contributed by atoms with Crippen LogP contribution in [0.25, 0.3) is 0 Å². The molecule has 2 N–H and O–H groups in total. The van der Waals surface area contributed by atoms with Crippen molar-refractivity contribution in [1.82, 2.24) is 4.98 Å². The molecular formula is C12H11FN2O4S. The molecule has 2 rings (SSSR count). The number of hydrogen-bond donors (Lipinski definition) is 2. The van der Waals surface area contributed by atoms with Crippen LogP contribution in [0.1, 0.15) is 0 Å². The SMILES string of the molecule is COc1cc(F)ccc1NS(=O)(=O)c1ccc(=O)[nH]c1. The van der Waals surface area contributed by atoms with Crippen molar-refractivity contribution in [3.63, 3.8) is 0 Å². The standard InChI is InChI=1S/C12H11FN2O4S/c1-19-11-6-8(13)2-4-10(11)15-20(17,18)9-3-5-12(16)14-7-9/h2-7,15H,1H3,(H,14,16). The third-order valence-corrected chi connectivity index (χ3v) is 3.84. The third kappa shape index (κ3) is 2.97. The van der Waals surface area contributed by atoms with Gasteiger partial charge in [-0.2, -0.15) is 0 Å². The Kier molecular flexibility index (Phi) is 3.75. The van der Waals surface area contributed by atoms with Crippen molar-refractivity contribution in [3.8, 4) is 5.75 Å². The highest BCUT2D eigenvalue weighted by molar-refractivity contribution is 7.92. The van der Waals surface area contributed by atoms with Crippen molar-refractivity contribution in [2.24, 2.45) is 0 Å². The number of nitrogens with one attached hydrogen (secondary N) is 2. The number of aromatic amines is 1. The maximum absolute atomic E-state index is 13.0. The summed E-state index contributed by atoms with van der Waals surface area (Å²) in [5.41, 5.74) is -0.316. The van der Waals surface area contributed by atoms with E-state index in [-0.39, 0.29) is 16.3 Å². The van der Waals surface area contributed by atoms with E-state index in [1.807, 2.05) is 0 Å². The van der Waals surface area contributed by atoms with Crippen molar-refractivity contribution < 1.29 is 17.5 Å². The molecule has 0 fully saturated rings. The lowest BCUT2D eigenvalue weighted by Crippen LogP contribution is -2.15. The van der Waals surface area contributed by atoms with Crippen LogP contribution in [0.2, 0.25) is 0 Å². The lowest BCUT2D eigenvalue weighted by molar-refractivity contribution is 0.413. The molecule has 2 aromatic rings. The average Bonchev–Trinajstić information content (AvgIpc) is 2.41. The van der Waals surface area contributed by atoms with E-state index in [9.17, 15) is 17.6 Å². The lowest BCUT2D eigenvalue weighted by atomic mass is 10.3. The lowest BCUT2D eigenvalue weighted by Gasteiger charge is -2.11. The van der Waals surface area contributed by atoms with E-state index in [0.717, 1.165) is 30.5 Å². The van der Waals surface area contributed by atoms with E-state index >= 15 is 0 Å². The van der Waals surface area contributed by atoms with Crippen LogP contribution >= 0.6 is 0 Å². The van der Waals surface area contributed by atoms with Crippen LogP contribution in [0.5, 0.6) is 5.75 Å². The van der Waals surface area contributed by atoms with Gasteiger partial charge in [0, 0.05) is 18.3 Å². The summed E-state index contributed by atoms with van der Waals surface area (Å²) in [5, 5.41) is 0. The summed E-state index contributed by atoms with van der Waals surface area (Å²) in [4.78, 5) is 13.1. The molecule has 6 nitrogen and oxygen atoms in total. The van der Waals surface area contributed by atoms with Gasteiger partial charge in [0.1, 0.15) is 16.5 Å². The Hall–Kier alpha value is -2.35. The summed E-state index contributed by atoms with van der Waals surface area (Å²) in [5.74, 6) is -0.494. The maximum atomic E-state index is 13.0. The zero-order chi connectivity index (χ0) is 14.8. The van der Waals surface area contributed by atoms with Crippen molar-refractivity contribution in [1.29, 1.82) is 0 Å². The van der Waals surface area contributed by atoms with Crippen molar-refractivity contribution in [2.45, 2.75) is 4.90 Å². The van der Waals surface area contributed by atoms with Gasteiger partial charge in [-0.1, -0.05) is 0 Å². The van der Waals surface area contributed by atoms with Crippen LogP contribution < -0.4 is 15.0 Å². The van der Waals surface area contributed by atoms with Crippen LogP contribution in [0, 0.1) is 5.82 Å². The Bertz CT molecular complexity index is 766. The first-order chi connectivity index (χ1) is 9.42. The molecule has 0 radical (unpaired) electrons. The molecule has 0 aliphatic rings. The molecule has 0 saturated heterocycles. The predicted octanol–water partition coefficient (Wildman–Crippen LogP) is 1.32. The molecule has 0 spiro atoms. The number of sulfonamides is 1. The van der Waals surface area contributed by atoms with Gasteiger partial charge in [0.25, 0.3) is 10.0 Å². The van der Waals surface area contributed by atoms with Gasteiger partial charge in [0.05, 0.1) is 12.8 Å². The van der Waals surface area contributed by atoms with Crippen LogP contribution in [-0.2, 0) is 10.0 Å². The summed E-state index contributed by atoms with van der Waals surface area (Å²) >= 11 is 0. The van der Waals surface area contributed by atoms with E-state index in [1.165, 1.54) is 13.2 Å². The Morgan fingerprint density at radius 1 is 1.25 bits per heavy atom. The fourth-order valence-corrected chi connectivity index (χ4v) is 2.55. The topological polar surface area (TPSA) is 88.3 Å². The molecule has 1 heterocycles. The summed E-state index contributed by atoms with van der Waals surface area (Å²) in [6, 6.07) is 5.67. The number of hydrogen-bond acceptors (Lipinski definition) is 4. The fraction of sp³-hybridized carbons (Fsp3) is 0.0833. The number of rotatable bonds is 4. The molecular weight excluding hydrogens is 287 g/mol. The van der Waals surface area contributed by atoms with E-state index in [4.69, 9.17) is 4.74 Å². The van der Waals surface area contributed by atoms with Gasteiger partial charge in [-0.05, 0) is 18.2 Å². The first-order valence-electron chi connectivity index (χ1n) is 5.47. The van der Waals surface area contributed by atoms with Gasteiger partial charge in [0.15, 0.2) is 0 Å². The highest BCUT2D eigenvalue weighted by Gasteiger charge is 2.16. The van der Waals surface area contributed by atoms with Crippen molar-refractivity contribution in [2.75, 3.05) is 11.8 Å². The first kappa shape index (κ1) is 14.1. The van der Waals surface area contributed by atoms with Gasteiger partial charge in [-0.3, -0.25) is 9.52 Å². The number of H-pyrrole nitrogens is 1. The highest BCUT2D eigenvalue weighted by atomic mass is 32.2. The second-order valence-corrected chi connectivity index (χ2v) is 5.52. The fourth-order valence-electron chi connectivity index (χ4n) is 1.52. The molecule has 1 aromatic heterocycles. The summed E-state index contributed by atoms with van der Waals surface area (Å²) < 4.78 is 44.4. The molecule has 20 heavy (non-hydrogen) atoms. The zero-order valence-electron chi connectivity index (χ0n) is 10.4. The van der Waals surface area contributed by atoms with Crippen LogP contribution in [0.15, 0.2) is 46.2 Å². The summed E-state index contributed by atoms with van der Waals surface area (Å²) in [6.45, 7) is 0. The van der Waals surface area contributed by atoms with Crippen LogP contribution in [0.3, 0.4) is 0 Å². The van der Waals surface area contributed by atoms with Crippen LogP contribution in [0.4, 0.5) is 10.1 Å². The number of aromatic nitrogens is 1. The monoisotopic (exact) mass is 298 g/mol. The number of ether oxygens (including phenoxy) is 1. The predicted molar refractivity (Wildman–Crippen MR) is 70.8 cm³/mol. The molecule has 0 unspecified atom stereocenters. The molecule has 0 aliphatic heterocycles. The third-order valence-electron chi connectivity index (χ3n) is 2.47. The smallest absolute Gasteiger partial charge is 0.263 e. The van der Waals surface area contributed by atoms with Gasteiger partial charge in [0.2, 0.25) is 5.56 Å². The average molecular weight is 298 g/mol. The second-order valence-electron chi connectivity index (χ2n) is 3.84. The number of benzene rings is 1. The zero-order valence-corrected chi connectivity index (χ0v) is 11.2. The number of methoxy groups -OCH3 is 1. The second kappa shape index (κ2) is 5.33. The van der Waals surface area contributed by atoms with Gasteiger partial charge >= 0.3 is 0 Å². The molecule has 106 valence electrons. The quantitative estimate of drug-likeness (QED) is 0.891. The number of pyridine rings is 1. The normalized spacial score (nSPS) is 11.1. The Morgan fingerprint density at radius 3 is 2.60 bits per heavy atom. The Labute approximate surface area is 114 Å². The van der Waals surface area contributed by atoms with Gasteiger partial charge in [-0.25, -0.2) is 12.8 Å².